The molecule has 1 aliphatic rings. The van der Waals surface area contributed by atoms with E-state index in [0.29, 0.717) is 11.1 Å². The smallest absolute Gasteiger partial charge is 0.464 e. The first-order valence-electron chi connectivity index (χ1n) is 7.53. The average Bonchev–Trinajstić information content (AvgIpc) is 3.12. The maximum Gasteiger partial charge on any atom is 0.475 e. The molecule has 1 atom stereocenters. The average molecular weight is 362 g/mol. The van der Waals surface area contributed by atoms with Crippen molar-refractivity contribution in [1.29, 1.82) is 0 Å². The van der Waals surface area contributed by atoms with Crippen molar-refractivity contribution in [3.8, 4) is 0 Å². The number of hydrogen-bond acceptors (Lipinski definition) is 7. The summed E-state index contributed by atoms with van der Waals surface area (Å²) >= 11 is 0.832. The molecule has 2 heterocycles. The van der Waals surface area contributed by atoms with Crippen LogP contribution in [0.3, 0.4) is 0 Å². The van der Waals surface area contributed by atoms with Crippen molar-refractivity contribution in [3.63, 3.8) is 0 Å². The maximum absolute atomic E-state index is 12.1. The van der Waals surface area contributed by atoms with Crippen molar-refractivity contribution in [2.24, 2.45) is 0 Å². The molecule has 1 aromatic carbocycles. The molecule has 1 aliphatic heterocycles. The lowest BCUT2D eigenvalue weighted by Gasteiger charge is -2.19. The van der Waals surface area contributed by atoms with E-state index < -0.39 is 36.7 Å². The molecule has 25 heavy (non-hydrogen) atoms. The van der Waals surface area contributed by atoms with Crippen LogP contribution < -0.4 is 5.32 Å². The van der Waals surface area contributed by atoms with Gasteiger partial charge in [-0.25, -0.2) is 0 Å². The Morgan fingerprint density at radius 3 is 2.80 bits per heavy atom. The highest BCUT2D eigenvalue weighted by Crippen LogP contribution is 2.22. The Hall–Kier alpha value is -2.30. The Morgan fingerprint density at radius 2 is 2.12 bits per heavy atom. The number of imide groups is 1. The summed E-state index contributed by atoms with van der Waals surface area (Å²) in [6, 6.07) is 7.25. The molecule has 10 heteroatoms. The van der Waals surface area contributed by atoms with Crippen molar-refractivity contribution in [2.75, 3.05) is 12.3 Å². The molecule has 1 aromatic heterocycles. The third kappa shape index (κ3) is 3.86. The van der Waals surface area contributed by atoms with Gasteiger partial charge in [-0.15, -0.1) is 0 Å². The SMILES string of the molecule is O=C(CN1C(=O)CSC1=O)NC(Cc1coc2ccccc12)B(O)O. The maximum atomic E-state index is 12.1. The largest absolute Gasteiger partial charge is 0.475 e. The first-order chi connectivity index (χ1) is 12.0. The molecule has 3 N–H and O–H groups in total. The van der Waals surface area contributed by atoms with E-state index in [1.54, 1.807) is 6.07 Å². The summed E-state index contributed by atoms with van der Waals surface area (Å²) in [4.78, 5) is 36.0. The third-order valence-corrected chi connectivity index (χ3v) is 4.71. The first kappa shape index (κ1) is 17.5. The standard InChI is InChI=1S/C15H15BN2O6S/c19-13(6-18-14(20)8-25-15(18)21)17-12(16(22)23)5-9-7-24-11-4-2-1-3-10(9)11/h1-4,7,12,22-23H,5-6,8H2,(H,17,19). The number of fused-ring (bicyclic) bond motifs is 1. The molecule has 0 radical (unpaired) electrons. The predicted octanol–water partition coefficient (Wildman–Crippen LogP) is 0.167. The summed E-state index contributed by atoms with van der Waals surface area (Å²) in [6.45, 7) is -0.444. The number of carbonyl (C=O) groups is 3. The van der Waals surface area contributed by atoms with Crippen LogP contribution in [0.5, 0.6) is 0 Å². The van der Waals surface area contributed by atoms with Gasteiger partial charge in [0.15, 0.2) is 0 Å². The number of furan rings is 1. The molecule has 1 saturated heterocycles. The highest BCUT2D eigenvalue weighted by Gasteiger charge is 2.33. The van der Waals surface area contributed by atoms with E-state index in [1.807, 2.05) is 18.2 Å². The molecule has 0 spiro atoms. The normalized spacial score (nSPS) is 15.7. The molecule has 0 aliphatic carbocycles. The highest BCUT2D eigenvalue weighted by molar-refractivity contribution is 8.14. The van der Waals surface area contributed by atoms with Crippen LogP contribution in [0.4, 0.5) is 4.79 Å². The summed E-state index contributed by atoms with van der Waals surface area (Å²) in [5.41, 5.74) is 1.36. The van der Waals surface area contributed by atoms with Gasteiger partial charge in [0.2, 0.25) is 11.8 Å². The molecule has 3 amide bonds. The van der Waals surface area contributed by atoms with Gasteiger partial charge in [0.1, 0.15) is 12.1 Å². The first-order valence-corrected chi connectivity index (χ1v) is 8.52. The Labute approximate surface area is 147 Å². The second kappa shape index (κ2) is 7.30. The van der Waals surface area contributed by atoms with Gasteiger partial charge < -0.3 is 19.8 Å². The minimum Gasteiger partial charge on any atom is -0.464 e. The van der Waals surface area contributed by atoms with Crippen LogP contribution in [0.1, 0.15) is 5.56 Å². The Morgan fingerprint density at radius 1 is 1.36 bits per heavy atom. The topological polar surface area (TPSA) is 120 Å². The number of para-hydroxylation sites is 1. The van der Waals surface area contributed by atoms with Crippen molar-refractivity contribution in [2.45, 2.75) is 12.4 Å². The van der Waals surface area contributed by atoms with Crippen LogP contribution in [-0.4, -0.2) is 57.4 Å². The van der Waals surface area contributed by atoms with E-state index >= 15 is 0 Å². The molecule has 3 rings (SSSR count). The van der Waals surface area contributed by atoms with E-state index in [9.17, 15) is 24.4 Å². The number of carbonyl (C=O) groups excluding carboxylic acids is 3. The molecule has 8 nitrogen and oxygen atoms in total. The van der Waals surface area contributed by atoms with E-state index in [0.717, 1.165) is 22.0 Å². The Bertz CT molecular complexity index is 807. The second-order valence-electron chi connectivity index (χ2n) is 5.58. The fourth-order valence-electron chi connectivity index (χ4n) is 2.59. The lowest BCUT2D eigenvalue weighted by molar-refractivity contribution is -0.130. The second-order valence-corrected chi connectivity index (χ2v) is 6.51. The van der Waals surface area contributed by atoms with Gasteiger partial charge in [0.05, 0.1) is 18.0 Å². The van der Waals surface area contributed by atoms with Crippen LogP contribution in [0, 0.1) is 0 Å². The van der Waals surface area contributed by atoms with Gasteiger partial charge in [-0.3, -0.25) is 19.3 Å². The van der Waals surface area contributed by atoms with E-state index in [2.05, 4.69) is 5.32 Å². The van der Waals surface area contributed by atoms with Crippen LogP contribution >= 0.6 is 11.8 Å². The van der Waals surface area contributed by atoms with Gasteiger partial charge >= 0.3 is 7.12 Å². The van der Waals surface area contributed by atoms with Gasteiger partial charge in [-0.05, 0) is 18.1 Å². The summed E-state index contributed by atoms with van der Waals surface area (Å²) in [6.07, 6.45) is 1.62. The van der Waals surface area contributed by atoms with Crippen LogP contribution in [0.2, 0.25) is 0 Å². The summed E-state index contributed by atoms with van der Waals surface area (Å²) in [5.74, 6) is -2.07. The molecule has 2 aromatic rings. The van der Waals surface area contributed by atoms with Gasteiger partial charge in [-0.1, -0.05) is 30.0 Å². The van der Waals surface area contributed by atoms with Crippen molar-refractivity contribution in [3.05, 3.63) is 36.1 Å². The predicted molar refractivity (Wildman–Crippen MR) is 91.6 cm³/mol. The molecule has 130 valence electrons. The third-order valence-electron chi connectivity index (χ3n) is 3.85. The fraction of sp³-hybridized carbons (Fsp3) is 0.267. The molecule has 1 unspecified atom stereocenters. The number of benzene rings is 1. The van der Waals surface area contributed by atoms with Crippen molar-refractivity contribution in [1.82, 2.24) is 10.2 Å². The zero-order valence-corrected chi connectivity index (χ0v) is 13.9. The monoisotopic (exact) mass is 362 g/mol. The fourth-order valence-corrected chi connectivity index (χ4v) is 3.31. The summed E-state index contributed by atoms with van der Waals surface area (Å²) in [7, 11) is -1.81. The number of nitrogens with one attached hydrogen (secondary N) is 1. The van der Waals surface area contributed by atoms with Gasteiger partial charge in [-0.2, -0.15) is 0 Å². The van der Waals surface area contributed by atoms with Crippen LogP contribution in [0.15, 0.2) is 34.9 Å². The number of rotatable bonds is 6. The van der Waals surface area contributed by atoms with Crippen LogP contribution in [-0.2, 0) is 16.0 Å². The van der Waals surface area contributed by atoms with E-state index in [-0.39, 0.29) is 12.2 Å². The van der Waals surface area contributed by atoms with E-state index in [1.165, 1.54) is 6.26 Å². The summed E-state index contributed by atoms with van der Waals surface area (Å²) < 4.78 is 5.39. The minimum absolute atomic E-state index is 0.0131. The van der Waals surface area contributed by atoms with Crippen LogP contribution in [0.25, 0.3) is 11.0 Å². The number of amides is 3. The van der Waals surface area contributed by atoms with Crippen molar-refractivity contribution < 1.29 is 28.8 Å². The quantitative estimate of drug-likeness (QED) is 0.627. The lowest BCUT2D eigenvalue weighted by atomic mass is 9.76. The number of thioether (sulfide) groups is 1. The number of hydrogen-bond donors (Lipinski definition) is 3. The molecular weight excluding hydrogens is 347 g/mol. The molecule has 0 saturated carbocycles. The Kier molecular flexibility index (Phi) is 5.12. The van der Waals surface area contributed by atoms with E-state index in [4.69, 9.17) is 4.42 Å². The zero-order chi connectivity index (χ0) is 18.0. The molecule has 0 bridgehead atoms. The van der Waals surface area contributed by atoms with Gasteiger partial charge in [0, 0.05) is 5.39 Å². The zero-order valence-electron chi connectivity index (χ0n) is 13.0. The lowest BCUT2D eigenvalue weighted by Crippen LogP contribution is -2.51. The van der Waals surface area contributed by atoms with Gasteiger partial charge in [0.25, 0.3) is 5.24 Å². The van der Waals surface area contributed by atoms with Crippen molar-refractivity contribution >= 4 is 46.9 Å². The minimum atomic E-state index is -1.81. The number of nitrogens with zero attached hydrogens (tertiary/aromatic N) is 1. The highest BCUT2D eigenvalue weighted by atomic mass is 32.2. The molecular formula is C15H15BN2O6S. The molecule has 1 fully saturated rings. The Balaban J connectivity index is 1.68. The summed E-state index contributed by atoms with van der Waals surface area (Å²) in [5, 5.41) is 21.9.